The van der Waals surface area contributed by atoms with Gasteiger partial charge in [-0.3, -0.25) is 4.98 Å². The van der Waals surface area contributed by atoms with Crippen molar-refractivity contribution >= 4 is 0 Å². The standard InChI is InChI=1S/C18H32N2O/c1-7-14-10-11-15(20-13-14)12-16(19-8-2)17(21-9-3)18(4,5)6/h10-11,13,16-17,19H,7-9,12H2,1-6H3. The van der Waals surface area contributed by atoms with Crippen LogP contribution in [0.1, 0.15) is 52.8 Å². The molecule has 0 aromatic carbocycles. The van der Waals surface area contributed by atoms with E-state index in [-0.39, 0.29) is 17.6 Å². The van der Waals surface area contributed by atoms with Crippen molar-refractivity contribution in [1.82, 2.24) is 10.3 Å². The van der Waals surface area contributed by atoms with E-state index in [1.807, 2.05) is 6.20 Å². The lowest BCUT2D eigenvalue weighted by Gasteiger charge is -2.37. The molecule has 0 fully saturated rings. The van der Waals surface area contributed by atoms with E-state index >= 15 is 0 Å². The number of hydrogen-bond donors (Lipinski definition) is 1. The fourth-order valence-electron chi connectivity index (χ4n) is 2.71. The summed E-state index contributed by atoms with van der Waals surface area (Å²) in [5.74, 6) is 0. The molecule has 120 valence electrons. The van der Waals surface area contributed by atoms with E-state index in [2.05, 4.69) is 64.0 Å². The highest BCUT2D eigenvalue weighted by Crippen LogP contribution is 2.26. The van der Waals surface area contributed by atoms with Gasteiger partial charge in [0.1, 0.15) is 0 Å². The quantitative estimate of drug-likeness (QED) is 0.794. The van der Waals surface area contributed by atoms with Gasteiger partial charge in [-0.05, 0) is 36.9 Å². The summed E-state index contributed by atoms with van der Waals surface area (Å²) in [6, 6.07) is 4.61. The first-order chi connectivity index (χ1) is 9.92. The van der Waals surface area contributed by atoms with Crippen molar-refractivity contribution in [3.05, 3.63) is 29.6 Å². The Morgan fingerprint density at radius 1 is 1.19 bits per heavy atom. The number of pyridine rings is 1. The van der Waals surface area contributed by atoms with Gasteiger partial charge in [0.15, 0.2) is 0 Å². The lowest BCUT2D eigenvalue weighted by Crippen LogP contribution is -2.49. The molecule has 1 aromatic rings. The van der Waals surface area contributed by atoms with Gasteiger partial charge in [0.2, 0.25) is 0 Å². The zero-order chi connectivity index (χ0) is 15.9. The fraction of sp³-hybridized carbons (Fsp3) is 0.722. The van der Waals surface area contributed by atoms with E-state index < -0.39 is 0 Å². The maximum atomic E-state index is 6.05. The minimum absolute atomic E-state index is 0.103. The number of nitrogens with zero attached hydrogens (tertiary/aromatic N) is 1. The average molecular weight is 292 g/mol. The molecule has 3 heteroatoms. The van der Waals surface area contributed by atoms with Crippen LogP contribution in [-0.4, -0.2) is 30.3 Å². The molecule has 0 amide bonds. The average Bonchev–Trinajstić information content (AvgIpc) is 2.44. The maximum absolute atomic E-state index is 6.05. The number of aromatic nitrogens is 1. The van der Waals surface area contributed by atoms with Crippen molar-refractivity contribution in [2.75, 3.05) is 13.2 Å². The van der Waals surface area contributed by atoms with Crippen LogP contribution < -0.4 is 5.32 Å². The molecule has 2 atom stereocenters. The zero-order valence-electron chi connectivity index (χ0n) is 14.6. The van der Waals surface area contributed by atoms with Crippen molar-refractivity contribution in [2.24, 2.45) is 5.41 Å². The summed E-state index contributed by atoms with van der Waals surface area (Å²) in [4.78, 5) is 4.60. The first-order valence-corrected chi connectivity index (χ1v) is 8.21. The molecule has 3 nitrogen and oxygen atoms in total. The van der Waals surface area contributed by atoms with Crippen LogP contribution in [0.4, 0.5) is 0 Å². The summed E-state index contributed by atoms with van der Waals surface area (Å²) in [7, 11) is 0. The second kappa shape index (κ2) is 8.50. The van der Waals surface area contributed by atoms with E-state index in [0.29, 0.717) is 0 Å². The summed E-state index contributed by atoms with van der Waals surface area (Å²) < 4.78 is 6.05. The monoisotopic (exact) mass is 292 g/mol. The minimum atomic E-state index is 0.103. The number of ether oxygens (including phenoxy) is 1. The van der Waals surface area contributed by atoms with E-state index in [1.54, 1.807) is 0 Å². The third kappa shape index (κ3) is 5.76. The Hall–Kier alpha value is -0.930. The molecular weight excluding hydrogens is 260 g/mol. The molecule has 0 aliphatic carbocycles. The van der Waals surface area contributed by atoms with E-state index in [4.69, 9.17) is 4.74 Å². The van der Waals surface area contributed by atoms with Gasteiger partial charge in [0, 0.05) is 31.0 Å². The van der Waals surface area contributed by atoms with Gasteiger partial charge in [-0.2, -0.15) is 0 Å². The number of likely N-dealkylation sites (N-methyl/N-ethyl adjacent to an activating group) is 1. The van der Waals surface area contributed by atoms with Gasteiger partial charge >= 0.3 is 0 Å². The predicted octanol–water partition coefficient (Wildman–Crippen LogP) is 3.62. The van der Waals surface area contributed by atoms with Crippen molar-refractivity contribution in [3.8, 4) is 0 Å². The van der Waals surface area contributed by atoms with Gasteiger partial charge < -0.3 is 10.1 Å². The largest absolute Gasteiger partial charge is 0.376 e. The van der Waals surface area contributed by atoms with Gasteiger partial charge in [-0.25, -0.2) is 0 Å². The summed E-state index contributed by atoms with van der Waals surface area (Å²) in [5, 5.41) is 3.59. The van der Waals surface area contributed by atoms with Crippen LogP contribution in [0.5, 0.6) is 0 Å². The van der Waals surface area contributed by atoms with Crippen LogP contribution in [0.25, 0.3) is 0 Å². The topological polar surface area (TPSA) is 34.2 Å². The Morgan fingerprint density at radius 2 is 1.90 bits per heavy atom. The van der Waals surface area contributed by atoms with Crippen LogP contribution in [0, 0.1) is 5.41 Å². The Bertz CT molecular complexity index is 395. The predicted molar refractivity (Wildman–Crippen MR) is 89.7 cm³/mol. The lowest BCUT2D eigenvalue weighted by molar-refractivity contribution is -0.0354. The van der Waals surface area contributed by atoms with Crippen LogP contribution in [0.15, 0.2) is 18.3 Å². The molecule has 21 heavy (non-hydrogen) atoms. The van der Waals surface area contributed by atoms with Crippen LogP contribution in [0.3, 0.4) is 0 Å². The highest BCUT2D eigenvalue weighted by atomic mass is 16.5. The van der Waals surface area contributed by atoms with Crippen molar-refractivity contribution in [3.63, 3.8) is 0 Å². The third-order valence-corrected chi connectivity index (χ3v) is 3.75. The highest BCUT2D eigenvalue weighted by molar-refractivity contribution is 5.15. The summed E-state index contributed by atoms with van der Waals surface area (Å²) in [6.45, 7) is 14.8. The molecule has 0 spiro atoms. The van der Waals surface area contributed by atoms with Crippen molar-refractivity contribution in [2.45, 2.75) is 66.5 Å². The Morgan fingerprint density at radius 3 is 2.33 bits per heavy atom. The van der Waals surface area contributed by atoms with Gasteiger partial charge in [0.25, 0.3) is 0 Å². The van der Waals surface area contributed by atoms with Crippen molar-refractivity contribution < 1.29 is 4.74 Å². The van der Waals surface area contributed by atoms with E-state index in [9.17, 15) is 0 Å². The van der Waals surface area contributed by atoms with Gasteiger partial charge in [0.05, 0.1) is 6.10 Å². The summed E-state index contributed by atoms with van der Waals surface area (Å²) in [6.07, 6.45) is 4.10. The molecule has 0 saturated carbocycles. The molecule has 1 rings (SSSR count). The molecule has 0 radical (unpaired) electrons. The summed E-state index contributed by atoms with van der Waals surface area (Å²) >= 11 is 0. The third-order valence-electron chi connectivity index (χ3n) is 3.75. The summed E-state index contributed by atoms with van der Waals surface area (Å²) in [5.41, 5.74) is 2.52. The van der Waals surface area contributed by atoms with Crippen molar-refractivity contribution in [1.29, 1.82) is 0 Å². The minimum Gasteiger partial charge on any atom is -0.376 e. The molecule has 0 aliphatic rings. The first-order valence-electron chi connectivity index (χ1n) is 8.21. The number of aryl methyl sites for hydroxylation is 1. The van der Waals surface area contributed by atoms with Crippen LogP contribution in [-0.2, 0) is 17.6 Å². The smallest absolute Gasteiger partial charge is 0.0779 e. The molecule has 0 saturated heterocycles. The molecule has 1 N–H and O–H groups in total. The second-order valence-electron chi connectivity index (χ2n) is 6.62. The Labute approximate surface area is 130 Å². The second-order valence-corrected chi connectivity index (χ2v) is 6.62. The molecular formula is C18H32N2O. The molecule has 0 bridgehead atoms. The van der Waals surface area contributed by atoms with E-state index in [0.717, 1.165) is 31.7 Å². The maximum Gasteiger partial charge on any atom is 0.0779 e. The van der Waals surface area contributed by atoms with Gasteiger partial charge in [-0.15, -0.1) is 0 Å². The van der Waals surface area contributed by atoms with Crippen LogP contribution >= 0.6 is 0 Å². The normalized spacial score (nSPS) is 15.0. The SMILES string of the molecule is CCNC(Cc1ccc(CC)cn1)C(OCC)C(C)(C)C. The first kappa shape index (κ1) is 18.1. The van der Waals surface area contributed by atoms with Gasteiger partial charge in [-0.1, -0.05) is 40.7 Å². The van der Waals surface area contributed by atoms with E-state index in [1.165, 1.54) is 5.56 Å². The molecule has 1 heterocycles. The number of rotatable bonds is 8. The highest BCUT2D eigenvalue weighted by Gasteiger charge is 2.32. The number of nitrogens with one attached hydrogen (secondary N) is 1. The number of hydrogen-bond acceptors (Lipinski definition) is 3. The fourth-order valence-corrected chi connectivity index (χ4v) is 2.71. The van der Waals surface area contributed by atoms with Crippen LogP contribution in [0.2, 0.25) is 0 Å². The molecule has 2 unspecified atom stereocenters. The zero-order valence-corrected chi connectivity index (χ0v) is 14.6. The lowest BCUT2D eigenvalue weighted by atomic mass is 9.82. The Balaban J connectivity index is 2.87. The Kier molecular flexibility index (Phi) is 7.33. The molecule has 1 aromatic heterocycles. The molecule has 0 aliphatic heterocycles.